The molecular weight excluding hydrogens is 363 g/mol. The Labute approximate surface area is 151 Å². The SMILES string of the molecule is Cc1c(CC(=O)O)c2ccccc2n1C(=O)c1ccc(OC(F)(F)F)cc1. The number of para-hydroxylation sites is 1. The second-order valence-corrected chi connectivity index (χ2v) is 5.86. The lowest BCUT2D eigenvalue weighted by Gasteiger charge is -2.10. The highest BCUT2D eigenvalue weighted by atomic mass is 19.4. The Morgan fingerprint density at radius 1 is 1.07 bits per heavy atom. The molecule has 0 saturated heterocycles. The van der Waals surface area contributed by atoms with Crippen molar-refractivity contribution in [3.63, 3.8) is 0 Å². The van der Waals surface area contributed by atoms with Gasteiger partial charge in [0.1, 0.15) is 5.75 Å². The van der Waals surface area contributed by atoms with Crippen LogP contribution in [0.1, 0.15) is 21.6 Å². The average molecular weight is 377 g/mol. The van der Waals surface area contributed by atoms with Crippen molar-refractivity contribution < 1.29 is 32.6 Å². The summed E-state index contributed by atoms with van der Waals surface area (Å²) in [7, 11) is 0. The number of halogens is 3. The molecular formula is C19H14F3NO4. The van der Waals surface area contributed by atoms with Crippen molar-refractivity contribution in [2.45, 2.75) is 19.7 Å². The molecule has 5 nitrogen and oxygen atoms in total. The molecule has 1 heterocycles. The van der Waals surface area contributed by atoms with Crippen molar-refractivity contribution in [2.75, 3.05) is 0 Å². The van der Waals surface area contributed by atoms with Crippen LogP contribution in [0.2, 0.25) is 0 Å². The molecule has 0 atom stereocenters. The minimum atomic E-state index is -4.82. The van der Waals surface area contributed by atoms with Gasteiger partial charge in [-0.15, -0.1) is 13.2 Å². The molecule has 0 aliphatic rings. The van der Waals surface area contributed by atoms with Crippen molar-refractivity contribution in [1.29, 1.82) is 0 Å². The fourth-order valence-electron chi connectivity index (χ4n) is 3.00. The molecule has 1 aromatic heterocycles. The number of carboxylic acids is 1. The Kier molecular flexibility index (Phi) is 4.65. The predicted octanol–water partition coefficient (Wildman–Crippen LogP) is 4.16. The minimum Gasteiger partial charge on any atom is -0.481 e. The molecule has 0 saturated carbocycles. The summed E-state index contributed by atoms with van der Waals surface area (Å²) in [6.07, 6.45) is -5.06. The molecule has 0 radical (unpaired) electrons. The molecule has 0 aliphatic carbocycles. The van der Waals surface area contributed by atoms with Crippen molar-refractivity contribution >= 4 is 22.8 Å². The van der Waals surface area contributed by atoms with Crippen molar-refractivity contribution in [3.8, 4) is 5.75 Å². The standard InChI is InChI=1S/C19H14F3NO4/c1-11-15(10-17(24)25)14-4-2-3-5-16(14)23(11)18(26)12-6-8-13(9-7-12)27-19(20,21)22/h2-9H,10H2,1H3,(H,24,25). The Morgan fingerprint density at radius 3 is 2.30 bits per heavy atom. The number of ether oxygens (including phenoxy) is 1. The van der Waals surface area contributed by atoms with E-state index in [1.54, 1.807) is 31.2 Å². The van der Waals surface area contributed by atoms with Crippen LogP contribution in [-0.2, 0) is 11.2 Å². The average Bonchev–Trinajstić information content (AvgIpc) is 2.85. The van der Waals surface area contributed by atoms with E-state index in [2.05, 4.69) is 4.74 Å². The molecule has 0 amide bonds. The maximum Gasteiger partial charge on any atom is 0.573 e. The molecule has 140 valence electrons. The van der Waals surface area contributed by atoms with Crippen LogP contribution in [0, 0.1) is 6.92 Å². The zero-order valence-electron chi connectivity index (χ0n) is 14.1. The lowest BCUT2D eigenvalue weighted by molar-refractivity contribution is -0.274. The number of carboxylic acid groups (broad SMARTS) is 1. The van der Waals surface area contributed by atoms with Gasteiger partial charge < -0.3 is 9.84 Å². The molecule has 3 aromatic rings. The number of alkyl halides is 3. The summed E-state index contributed by atoms with van der Waals surface area (Å²) in [5.41, 5.74) is 1.67. The summed E-state index contributed by atoms with van der Waals surface area (Å²) in [6.45, 7) is 1.64. The van der Waals surface area contributed by atoms with E-state index < -0.39 is 24.0 Å². The van der Waals surface area contributed by atoms with Gasteiger partial charge in [0.2, 0.25) is 0 Å². The zero-order valence-corrected chi connectivity index (χ0v) is 14.1. The van der Waals surface area contributed by atoms with Crippen molar-refractivity contribution in [1.82, 2.24) is 4.57 Å². The number of fused-ring (bicyclic) bond motifs is 1. The minimum absolute atomic E-state index is 0.148. The fourth-order valence-corrected chi connectivity index (χ4v) is 3.00. The molecule has 8 heteroatoms. The largest absolute Gasteiger partial charge is 0.573 e. The molecule has 1 N–H and O–H groups in total. The maximum absolute atomic E-state index is 12.9. The van der Waals surface area contributed by atoms with E-state index in [1.807, 2.05) is 0 Å². The summed E-state index contributed by atoms with van der Waals surface area (Å²) in [5.74, 6) is -1.93. The fraction of sp³-hybridized carbons (Fsp3) is 0.158. The van der Waals surface area contributed by atoms with E-state index in [0.29, 0.717) is 22.2 Å². The quantitative estimate of drug-likeness (QED) is 0.741. The van der Waals surface area contributed by atoms with Gasteiger partial charge in [-0.3, -0.25) is 14.2 Å². The summed E-state index contributed by atoms with van der Waals surface area (Å²) in [6, 6.07) is 11.4. The molecule has 0 fully saturated rings. The highest BCUT2D eigenvalue weighted by Gasteiger charge is 2.31. The number of hydrogen-bond donors (Lipinski definition) is 1. The Bertz CT molecular complexity index is 1020. The van der Waals surface area contributed by atoms with Crippen molar-refractivity contribution in [3.05, 3.63) is 65.4 Å². The third kappa shape index (κ3) is 3.79. The van der Waals surface area contributed by atoms with Crippen LogP contribution in [-0.4, -0.2) is 27.9 Å². The lowest BCUT2D eigenvalue weighted by Crippen LogP contribution is -2.17. The number of nitrogens with zero attached hydrogens (tertiary/aromatic N) is 1. The van der Waals surface area contributed by atoms with E-state index in [1.165, 1.54) is 16.7 Å². The van der Waals surface area contributed by atoms with Crippen LogP contribution < -0.4 is 4.74 Å². The van der Waals surface area contributed by atoms with Gasteiger partial charge in [0.15, 0.2) is 0 Å². The number of carbonyl (C=O) groups excluding carboxylic acids is 1. The lowest BCUT2D eigenvalue weighted by atomic mass is 10.1. The third-order valence-corrected chi connectivity index (χ3v) is 4.11. The Hall–Kier alpha value is -3.29. The Morgan fingerprint density at radius 2 is 1.70 bits per heavy atom. The number of carbonyl (C=O) groups is 2. The van der Waals surface area contributed by atoms with E-state index >= 15 is 0 Å². The van der Waals surface area contributed by atoms with Gasteiger partial charge >= 0.3 is 12.3 Å². The number of aromatic nitrogens is 1. The molecule has 0 bridgehead atoms. The molecule has 0 aliphatic heterocycles. The van der Waals surface area contributed by atoms with Crippen molar-refractivity contribution in [2.24, 2.45) is 0 Å². The zero-order chi connectivity index (χ0) is 19.8. The maximum atomic E-state index is 12.9. The van der Waals surface area contributed by atoms with Gasteiger partial charge in [-0.05, 0) is 42.8 Å². The number of rotatable bonds is 4. The van der Waals surface area contributed by atoms with E-state index in [-0.39, 0.29) is 12.0 Å². The Balaban J connectivity index is 2.03. The van der Waals surface area contributed by atoms with E-state index in [4.69, 9.17) is 5.11 Å². The summed E-state index contributed by atoms with van der Waals surface area (Å²) in [5, 5.41) is 9.78. The summed E-state index contributed by atoms with van der Waals surface area (Å²) < 4.78 is 41.9. The third-order valence-electron chi connectivity index (χ3n) is 4.11. The number of hydrogen-bond acceptors (Lipinski definition) is 3. The normalized spacial score (nSPS) is 11.6. The summed E-state index contributed by atoms with van der Waals surface area (Å²) >= 11 is 0. The number of benzene rings is 2. The first-order valence-electron chi connectivity index (χ1n) is 7.88. The monoisotopic (exact) mass is 377 g/mol. The predicted molar refractivity (Wildman–Crippen MR) is 90.9 cm³/mol. The first kappa shape index (κ1) is 18.5. The smallest absolute Gasteiger partial charge is 0.481 e. The van der Waals surface area contributed by atoms with Gasteiger partial charge in [0.05, 0.1) is 11.9 Å². The van der Waals surface area contributed by atoms with Crippen LogP contribution in [0.25, 0.3) is 10.9 Å². The molecule has 27 heavy (non-hydrogen) atoms. The topological polar surface area (TPSA) is 68.5 Å². The van der Waals surface area contributed by atoms with Crippen LogP contribution in [0.4, 0.5) is 13.2 Å². The van der Waals surface area contributed by atoms with Gasteiger partial charge in [0.25, 0.3) is 5.91 Å². The van der Waals surface area contributed by atoms with Gasteiger partial charge in [-0.2, -0.15) is 0 Å². The van der Waals surface area contributed by atoms with Crippen LogP contribution in [0.3, 0.4) is 0 Å². The van der Waals surface area contributed by atoms with E-state index in [9.17, 15) is 22.8 Å². The van der Waals surface area contributed by atoms with Gasteiger partial charge in [-0.25, -0.2) is 0 Å². The van der Waals surface area contributed by atoms with Gasteiger partial charge in [-0.1, -0.05) is 18.2 Å². The van der Waals surface area contributed by atoms with Crippen LogP contribution in [0.15, 0.2) is 48.5 Å². The molecule has 0 unspecified atom stereocenters. The first-order chi connectivity index (χ1) is 12.7. The highest BCUT2D eigenvalue weighted by molar-refractivity contribution is 6.04. The highest BCUT2D eigenvalue weighted by Crippen LogP contribution is 2.28. The number of aliphatic carboxylic acids is 1. The van der Waals surface area contributed by atoms with Crippen LogP contribution in [0.5, 0.6) is 5.75 Å². The first-order valence-corrected chi connectivity index (χ1v) is 7.88. The molecule has 0 spiro atoms. The summed E-state index contributed by atoms with van der Waals surface area (Å²) in [4.78, 5) is 24.1. The second-order valence-electron chi connectivity index (χ2n) is 5.86. The molecule has 3 rings (SSSR count). The molecule has 2 aromatic carbocycles. The van der Waals surface area contributed by atoms with E-state index in [0.717, 1.165) is 12.1 Å². The van der Waals surface area contributed by atoms with Gasteiger partial charge in [0, 0.05) is 16.6 Å². The van der Waals surface area contributed by atoms with Crippen LogP contribution >= 0.6 is 0 Å². The second kappa shape index (κ2) is 6.79.